The van der Waals surface area contributed by atoms with Crippen LogP contribution in [0.25, 0.3) is 11.1 Å². The van der Waals surface area contributed by atoms with Gasteiger partial charge in [0.1, 0.15) is 17.6 Å². The lowest BCUT2D eigenvalue weighted by Gasteiger charge is -2.32. The number of amides is 2. The van der Waals surface area contributed by atoms with E-state index < -0.39 is 6.04 Å². The van der Waals surface area contributed by atoms with Crippen molar-refractivity contribution in [3.63, 3.8) is 0 Å². The minimum absolute atomic E-state index is 0.0777. The number of aromatic nitrogens is 5. The molecular formula is C24H31N7O2. The van der Waals surface area contributed by atoms with Crippen LogP contribution < -0.4 is 10.6 Å². The van der Waals surface area contributed by atoms with E-state index in [1.54, 1.807) is 31.6 Å². The van der Waals surface area contributed by atoms with Gasteiger partial charge in [0.2, 0.25) is 5.91 Å². The minimum Gasteiger partial charge on any atom is -0.339 e. The molecule has 0 spiro atoms. The Hall–Kier alpha value is -3.49. The fraction of sp³-hybridized carbons (Fsp3) is 0.458. The van der Waals surface area contributed by atoms with E-state index in [0.29, 0.717) is 17.4 Å². The molecule has 2 amide bonds. The molecule has 1 atom stereocenters. The lowest BCUT2D eigenvalue weighted by molar-refractivity contribution is -0.119. The summed E-state index contributed by atoms with van der Waals surface area (Å²) in [5, 5.41) is 17.1. The molecule has 1 aliphatic carbocycles. The highest BCUT2D eigenvalue weighted by atomic mass is 16.2. The van der Waals surface area contributed by atoms with Crippen molar-refractivity contribution in [2.45, 2.75) is 52.5 Å². The van der Waals surface area contributed by atoms with Gasteiger partial charge in [-0.25, -0.2) is 4.98 Å². The van der Waals surface area contributed by atoms with Gasteiger partial charge in [0.25, 0.3) is 5.91 Å². The first kappa shape index (κ1) is 22.7. The standard InChI is InChI=1S/C24H31N7O2/c1-14-5-7-17(8-6-14)22(28-23(32)19-11-12-26-31(19)4)24(33)27-20-10-9-18(13-25-20)21-15(2)29-30-16(21)3/h9-14,17,22H,5-8H2,1-4H3,(H,28,32)(H,29,30)(H,25,27,33). The van der Waals surface area contributed by atoms with E-state index >= 15 is 0 Å². The van der Waals surface area contributed by atoms with Crippen LogP contribution in [-0.4, -0.2) is 42.8 Å². The molecule has 0 bridgehead atoms. The maximum atomic E-state index is 13.3. The molecule has 0 radical (unpaired) electrons. The fourth-order valence-corrected chi connectivity index (χ4v) is 4.62. The highest BCUT2D eigenvalue weighted by molar-refractivity contribution is 6.00. The summed E-state index contributed by atoms with van der Waals surface area (Å²) in [5.74, 6) is 0.617. The average Bonchev–Trinajstić information content (AvgIpc) is 3.38. The predicted octanol–water partition coefficient (Wildman–Crippen LogP) is 3.39. The van der Waals surface area contributed by atoms with E-state index in [0.717, 1.165) is 48.2 Å². The van der Waals surface area contributed by atoms with Crippen molar-refractivity contribution < 1.29 is 9.59 Å². The summed E-state index contributed by atoms with van der Waals surface area (Å²) in [6.45, 7) is 6.13. The number of anilines is 1. The second-order valence-electron chi connectivity index (χ2n) is 9.04. The summed E-state index contributed by atoms with van der Waals surface area (Å²) in [4.78, 5) is 30.6. The Kier molecular flexibility index (Phi) is 6.57. The third kappa shape index (κ3) is 4.97. The number of aryl methyl sites for hydroxylation is 3. The third-order valence-electron chi connectivity index (χ3n) is 6.59. The Morgan fingerprint density at radius 3 is 2.48 bits per heavy atom. The Balaban J connectivity index is 1.51. The molecule has 4 rings (SSSR count). The van der Waals surface area contributed by atoms with E-state index in [9.17, 15) is 9.59 Å². The topological polar surface area (TPSA) is 118 Å². The van der Waals surface area contributed by atoms with Crippen molar-refractivity contribution in [3.05, 3.63) is 47.7 Å². The smallest absolute Gasteiger partial charge is 0.270 e. The quantitative estimate of drug-likeness (QED) is 0.533. The van der Waals surface area contributed by atoms with Gasteiger partial charge in [-0.05, 0) is 56.7 Å². The zero-order valence-corrected chi connectivity index (χ0v) is 19.6. The van der Waals surface area contributed by atoms with Gasteiger partial charge in [0.05, 0.1) is 5.69 Å². The van der Waals surface area contributed by atoms with Crippen LogP contribution >= 0.6 is 0 Å². The van der Waals surface area contributed by atoms with Crippen LogP contribution in [-0.2, 0) is 11.8 Å². The summed E-state index contributed by atoms with van der Waals surface area (Å²) in [6.07, 6.45) is 7.19. The van der Waals surface area contributed by atoms with Crippen molar-refractivity contribution >= 4 is 17.6 Å². The largest absolute Gasteiger partial charge is 0.339 e. The monoisotopic (exact) mass is 449 g/mol. The van der Waals surface area contributed by atoms with Crippen LogP contribution in [0.3, 0.4) is 0 Å². The molecule has 3 aromatic rings. The van der Waals surface area contributed by atoms with Crippen LogP contribution in [0.4, 0.5) is 5.82 Å². The Morgan fingerprint density at radius 2 is 1.91 bits per heavy atom. The van der Waals surface area contributed by atoms with Crippen molar-refractivity contribution in [2.24, 2.45) is 18.9 Å². The Bertz CT molecular complexity index is 1100. The van der Waals surface area contributed by atoms with Gasteiger partial charge in [0, 0.05) is 36.3 Å². The fourth-order valence-electron chi connectivity index (χ4n) is 4.62. The first-order valence-electron chi connectivity index (χ1n) is 11.4. The van der Waals surface area contributed by atoms with E-state index in [-0.39, 0.29) is 17.7 Å². The van der Waals surface area contributed by atoms with Gasteiger partial charge in [0.15, 0.2) is 0 Å². The molecule has 3 N–H and O–H groups in total. The SMILES string of the molecule is Cc1n[nH]c(C)c1-c1ccc(NC(=O)C(NC(=O)c2ccnn2C)C2CCC(C)CC2)nc1. The number of pyridine rings is 1. The molecule has 0 saturated heterocycles. The van der Waals surface area contributed by atoms with Crippen LogP contribution in [0.15, 0.2) is 30.6 Å². The maximum Gasteiger partial charge on any atom is 0.270 e. The summed E-state index contributed by atoms with van der Waals surface area (Å²) in [7, 11) is 1.71. The lowest BCUT2D eigenvalue weighted by atomic mass is 9.79. The normalized spacial score (nSPS) is 19.2. The van der Waals surface area contributed by atoms with E-state index in [2.05, 4.69) is 37.8 Å². The van der Waals surface area contributed by atoms with Crippen LogP contribution in [0.2, 0.25) is 0 Å². The van der Waals surface area contributed by atoms with Crippen molar-refractivity contribution in [1.82, 2.24) is 30.3 Å². The summed E-state index contributed by atoms with van der Waals surface area (Å²) >= 11 is 0. The zero-order chi connectivity index (χ0) is 23.5. The number of H-pyrrole nitrogens is 1. The predicted molar refractivity (Wildman–Crippen MR) is 126 cm³/mol. The molecule has 1 fully saturated rings. The Morgan fingerprint density at radius 1 is 1.15 bits per heavy atom. The number of hydrogen-bond donors (Lipinski definition) is 3. The molecule has 33 heavy (non-hydrogen) atoms. The number of hydrogen-bond acceptors (Lipinski definition) is 5. The first-order valence-corrected chi connectivity index (χ1v) is 11.4. The number of carbonyl (C=O) groups excluding carboxylic acids is 2. The van der Waals surface area contributed by atoms with Gasteiger partial charge in [-0.3, -0.25) is 19.4 Å². The molecule has 1 saturated carbocycles. The van der Waals surface area contributed by atoms with Crippen LogP contribution in [0, 0.1) is 25.7 Å². The molecule has 9 nitrogen and oxygen atoms in total. The Labute approximate surface area is 193 Å². The summed E-state index contributed by atoms with van der Waals surface area (Å²) < 4.78 is 1.51. The van der Waals surface area contributed by atoms with Gasteiger partial charge in [-0.2, -0.15) is 10.2 Å². The van der Waals surface area contributed by atoms with Gasteiger partial charge in [-0.1, -0.05) is 19.8 Å². The van der Waals surface area contributed by atoms with Crippen LogP contribution in [0.1, 0.15) is 54.5 Å². The number of rotatable bonds is 6. The second-order valence-corrected chi connectivity index (χ2v) is 9.04. The first-order chi connectivity index (χ1) is 15.8. The lowest BCUT2D eigenvalue weighted by Crippen LogP contribution is -2.49. The maximum absolute atomic E-state index is 13.3. The minimum atomic E-state index is -0.639. The molecular weight excluding hydrogens is 418 g/mol. The van der Waals surface area contributed by atoms with Crippen molar-refractivity contribution in [3.8, 4) is 11.1 Å². The molecule has 1 aliphatic rings. The third-order valence-corrected chi connectivity index (χ3v) is 6.59. The van der Waals surface area contributed by atoms with Crippen LogP contribution in [0.5, 0.6) is 0 Å². The second kappa shape index (κ2) is 9.56. The molecule has 0 aromatic carbocycles. The van der Waals surface area contributed by atoms with E-state index in [1.165, 1.54) is 4.68 Å². The van der Waals surface area contributed by atoms with Crippen molar-refractivity contribution in [2.75, 3.05) is 5.32 Å². The van der Waals surface area contributed by atoms with Gasteiger partial charge in [-0.15, -0.1) is 0 Å². The number of nitrogens with one attached hydrogen (secondary N) is 3. The number of carbonyl (C=O) groups is 2. The average molecular weight is 450 g/mol. The summed E-state index contributed by atoms with van der Waals surface area (Å²) in [5.41, 5.74) is 4.23. The number of nitrogens with zero attached hydrogens (tertiary/aromatic N) is 4. The van der Waals surface area contributed by atoms with Gasteiger partial charge >= 0.3 is 0 Å². The number of aromatic amines is 1. The highest BCUT2D eigenvalue weighted by Gasteiger charge is 2.33. The van der Waals surface area contributed by atoms with Gasteiger partial charge < -0.3 is 10.6 Å². The van der Waals surface area contributed by atoms with E-state index in [1.807, 2.05) is 19.9 Å². The molecule has 3 heterocycles. The molecule has 9 heteroatoms. The van der Waals surface area contributed by atoms with E-state index in [4.69, 9.17) is 0 Å². The molecule has 174 valence electrons. The molecule has 3 aromatic heterocycles. The van der Waals surface area contributed by atoms with Crippen molar-refractivity contribution in [1.29, 1.82) is 0 Å². The molecule has 1 unspecified atom stereocenters. The summed E-state index contributed by atoms with van der Waals surface area (Å²) in [6, 6.07) is 4.70. The highest BCUT2D eigenvalue weighted by Crippen LogP contribution is 2.31. The molecule has 0 aliphatic heterocycles. The zero-order valence-electron chi connectivity index (χ0n) is 19.6.